The van der Waals surface area contributed by atoms with Crippen molar-refractivity contribution in [1.29, 1.82) is 5.26 Å². The number of hydrogen-bond acceptors (Lipinski definition) is 4. The first-order chi connectivity index (χ1) is 16.7. The van der Waals surface area contributed by atoms with Gasteiger partial charge in [-0.05, 0) is 55.0 Å². The zero-order valence-corrected chi connectivity index (χ0v) is 18.5. The van der Waals surface area contributed by atoms with Crippen LogP contribution in [0.15, 0.2) is 72.3 Å². The standard InChI is InChI=1S/C26H20F4N2O3/c1-2-34-24-13-17(10-11-23(24)35-16-18-6-3-4-9-22(18)27)12-19(15-31)25(33)32-21-8-5-7-20(14-21)26(28,29)30/h3-14H,2,16H2,1H3,(H,32,33). The molecule has 5 nitrogen and oxygen atoms in total. The van der Waals surface area contributed by atoms with Gasteiger partial charge in [0.05, 0.1) is 12.2 Å². The highest BCUT2D eigenvalue weighted by Gasteiger charge is 2.30. The fourth-order valence-electron chi connectivity index (χ4n) is 3.06. The minimum Gasteiger partial charge on any atom is -0.490 e. The van der Waals surface area contributed by atoms with Gasteiger partial charge in [0.1, 0.15) is 24.1 Å². The summed E-state index contributed by atoms with van der Waals surface area (Å²) >= 11 is 0. The van der Waals surface area contributed by atoms with Crippen LogP contribution in [0.2, 0.25) is 0 Å². The molecule has 0 fully saturated rings. The number of nitriles is 1. The van der Waals surface area contributed by atoms with Gasteiger partial charge in [-0.25, -0.2) is 4.39 Å². The average molecular weight is 484 g/mol. The summed E-state index contributed by atoms with van der Waals surface area (Å²) in [5.74, 6) is -0.632. The molecule has 1 amide bonds. The Labute approximate surface area is 199 Å². The summed E-state index contributed by atoms with van der Waals surface area (Å²) < 4.78 is 63.8. The topological polar surface area (TPSA) is 71.3 Å². The van der Waals surface area contributed by atoms with Gasteiger partial charge in [-0.2, -0.15) is 18.4 Å². The van der Waals surface area contributed by atoms with Gasteiger partial charge >= 0.3 is 6.18 Å². The SMILES string of the molecule is CCOc1cc(C=C(C#N)C(=O)Nc2cccc(C(F)(F)F)c2)ccc1OCc1ccccc1F. The molecule has 3 rings (SSSR count). The van der Waals surface area contributed by atoms with Crippen LogP contribution in [0.1, 0.15) is 23.6 Å². The average Bonchev–Trinajstić information content (AvgIpc) is 2.82. The van der Waals surface area contributed by atoms with E-state index < -0.39 is 23.5 Å². The van der Waals surface area contributed by atoms with E-state index in [1.807, 2.05) is 0 Å². The summed E-state index contributed by atoms with van der Waals surface area (Å²) in [5, 5.41) is 11.7. The van der Waals surface area contributed by atoms with Gasteiger partial charge in [0.2, 0.25) is 0 Å². The maximum absolute atomic E-state index is 13.9. The quantitative estimate of drug-likeness (QED) is 0.229. The number of alkyl halides is 3. The van der Waals surface area contributed by atoms with Gasteiger partial charge in [-0.1, -0.05) is 30.3 Å². The lowest BCUT2D eigenvalue weighted by molar-refractivity contribution is -0.137. The van der Waals surface area contributed by atoms with Gasteiger partial charge in [-0.15, -0.1) is 0 Å². The Bertz CT molecular complexity index is 1280. The Morgan fingerprint density at radius 1 is 1.03 bits per heavy atom. The van der Waals surface area contributed by atoms with Crippen LogP contribution < -0.4 is 14.8 Å². The fourth-order valence-corrected chi connectivity index (χ4v) is 3.06. The van der Waals surface area contributed by atoms with E-state index in [4.69, 9.17) is 9.47 Å². The molecule has 0 unspecified atom stereocenters. The van der Waals surface area contributed by atoms with Crippen LogP contribution >= 0.6 is 0 Å². The van der Waals surface area contributed by atoms with Crippen LogP contribution in [0, 0.1) is 17.1 Å². The molecule has 35 heavy (non-hydrogen) atoms. The summed E-state index contributed by atoms with van der Waals surface area (Å²) in [6.45, 7) is 2.02. The Hall–Kier alpha value is -4.32. The Morgan fingerprint density at radius 3 is 2.49 bits per heavy atom. The van der Waals surface area contributed by atoms with E-state index in [2.05, 4.69) is 5.32 Å². The minimum absolute atomic E-state index is 0.0369. The molecule has 0 saturated heterocycles. The zero-order valence-electron chi connectivity index (χ0n) is 18.5. The monoisotopic (exact) mass is 484 g/mol. The third-order valence-corrected chi connectivity index (χ3v) is 4.73. The summed E-state index contributed by atoms with van der Waals surface area (Å²) in [7, 11) is 0. The molecule has 0 aliphatic carbocycles. The highest BCUT2D eigenvalue weighted by Crippen LogP contribution is 2.32. The van der Waals surface area contributed by atoms with Crippen molar-refractivity contribution in [2.24, 2.45) is 0 Å². The number of nitrogens with zero attached hydrogens (tertiary/aromatic N) is 1. The van der Waals surface area contributed by atoms with Crippen LogP contribution in [0.3, 0.4) is 0 Å². The summed E-state index contributed by atoms with van der Waals surface area (Å²) in [6, 6.07) is 16.7. The second-order valence-corrected chi connectivity index (χ2v) is 7.22. The van der Waals surface area contributed by atoms with Gasteiger partial charge in [0.15, 0.2) is 11.5 Å². The van der Waals surface area contributed by atoms with Crippen molar-refractivity contribution in [3.63, 3.8) is 0 Å². The lowest BCUT2D eigenvalue weighted by Gasteiger charge is -2.13. The Kier molecular flexibility index (Phi) is 8.10. The predicted octanol–water partition coefficient (Wildman–Crippen LogP) is 6.37. The summed E-state index contributed by atoms with van der Waals surface area (Å²) in [6.07, 6.45) is -3.30. The minimum atomic E-state index is -4.57. The highest BCUT2D eigenvalue weighted by atomic mass is 19.4. The number of nitrogens with one attached hydrogen (secondary N) is 1. The van der Waals surface area contributed by atoms with Crippen molar-refractivity contribution in [3.05, 3.63) is 94.8 Å². The van der Waals surface area contributed by atoms with Gasteiger partial charge in [0.25, 0.3) is 5.91 Å². The van der Waals surface area contributed by atoms with Crippen molar-refractivity contribution >= 4 is 17.7 Å². The molecule has 0 radical (unpaired) electrons. The molecule has 1 N–H and O–H groups in total. The number of halogens is 4. The van der Waals surface area contributed by atoms with Crippen LogP contribution in [0.25, 0.3) is 6.08 Å². The summed E-state index contributed by atoms with van der Waals surface area (Å²) in [4.78, 5) is 12.5. The molecule has 0 heterocycles. The van der Waals surface area contributed by atoms with Crippen molar-refractivity contribution in [2.75, 3.05) is 11.9 Å². The van der Waals surface area contributed by atoms with Gasteiger partial charge in [0, 0.05) is 11.3 Å². The maximum atomic E-state index is 13.9. The molecule has 0 aliphatic heterocycles. The molecule has 3 aromatic rings. The molecule has 0 saturated carbocycles. The van der Waals surface area contributed by atoms with Gasteiger partial charge < -0.3 is 14.8 Å². The molecule has 180 valence electrons. The van der Waals surface area contributed by atoms with E-state index in [0.717, 1.165) is 18.2 Å². The maximum Gasteiger partial charge on any atom is 0.416 e. The number of hydrogen-bond donors (Lipinski definition) is 1. The van der Waals surface area contributed by atoms with Crippen LogP contribution in [0.4, 0.5) is 23.2 Å². The first kappa shape index (κ1) is 25.3. The smallest absolute Gasteiger partial charge is 0.416 e. The molecule has 0 atom stereocenters. The largest absolute Gasteiger partial charge is 0.490 e. The van der Waals surface area contributed by atoms with Crippen LogP contribution in [-0.2, 0) is 17.6 Å². The van der Waals surface area contributed by atoms with Gasteiger partial charge in [-0.3, -0.25) is 4.79 Å². The lowest BCUT2D eigenvalue weighted by Crippen LogP contribution is -2.14. The number of ether oxygens (including phenoxy) is 2. The molecule has 9 heteroatoms. The molecule has 0 bridgehead atoms. The van der Waals surface area contributed by atoms with Crippen molar-refractivity contribution < 1.29 is 31.8 Å². The molecule has 0 aliphatic rings. The third kappa shape index (κ3) is 6.84. The van der Waals surface area contributed by atoms with E-state index in [-0.39, 0.29) is 17.9 Å². The number of amides is 1. The Morgan fingerprint density at radius 2 is 1.80 bits per heavy atom. The van der Waals surface area contributed by atoms with Crippen molar-refractivity contribution in [3.8, 4) is 17.6 Å². The summed E-state index contributed by atoms with van der Waals surface area (Å²) in [5.41, 5.74) is -0.577. The lowest BCUT2D eigenvalue weighted by atomic mass is 10.1. The van der Waals surface area contributed by atoms with E-state index >= 15 is 0 Å². The van der Waals surface area contributed by atoms with Crippen molar-refractivity contribution in [2.45, 2.75) is 19.7 Å². The zero-order chi connectivity index (χ0) is 25.4. The number of rotatable bonds is 8. The van der Waals surface area contributed by atoms with E-state index in [1.165, 1.54) is 24.3 Å². The van der Waals surface area contributed by atoms with Crippen LogP contribution in [-0.4, -0.2) is 12.5 Å². The van der Waals surface area contributed by atoms with E-state index in [0.29, 0.717) is 29.2 Å². The number of carbonyl (C=O) groups is 1. The van der Waals surface area contributed by atoms with E-state index in [1.54, 1.807) is 43.3 Å². The van der Waals surface area contributed by atoms with Crippen molar-refractivity contribution in [1.82, 2.24) is 0 Å². The second-order valence-electron chi connectivity index (χ2n) is 7.22. The first-order valence-corrected chi connectivity index (χ1v) is 10.4. The normalized spacial score (nSPS) is 11.5. The molecular formula is C26H20F4N2O3. The molecular weight excluding hydrogens is 464 g/mol. The highest BCUT2D eigenvalue weighted by molar-refractivity contribution is 6.09. The van der Waals surface area contributed by atoms with Crippen LogP contribution in [0.5, 0.6) is 11.5 Å². The number of benzene rings is 3. The second kappa shape index (κ2) is 11.2. The molecule has 0 aromatic heterocycles. The number of anilines is 1. The molecule has 3 aromatic carbocycles. The molecule has 0 spiro atoms. The number of carbonyl (C=O) groups excluding carboxylic acids is 1. The third-order valence-electron chi connectivity index (χ3n) is 4.73. The Balaban J connectivity index is 1.79. The van der Waals surface area contributed by atoms with E-state index in [9.17, 15) is 27.6 Å². The fraction of sp³-hybridized carbons (Fsp3) is 0.154. The predicted molar refractivity (Wildman–Crippen MR) is 122 cm³/mol. The first-order valence-electron chi connectivity index (χ1n) is 10.4.